The maximum atomic E-state index is 12.3. The average molecular weight is 205 g/mol. The monoisotopic (exact) mass is 205 g/mol. The lowest BCUT2D eigenvalue weighted by Gasteiger charge is -2.16. The molecular weight excluding hydrogens is 195 g/mol. The zero-order chi connectivity index (χ0) is 10.9. The molecule has 0 radical (unpaired) electrons. The van der Waals surface area contributed by atoms with E-state index in [2.05, 4.69) is 0 Å². The van der Waals surface area contributed by atoms with Crippen molar-refractivity contribution in [2.24, 2.45) is 0 Å². The molecule has 0 aliphatic carbocycles. The molecule has 0 aliphatic heterocycles. The minimum atomic E-state index is -4.38. The second-order valence-electron chi connectivity index (χ2n) is 3.10. The van der Waals surface area contributed by atoms with Gasteiger partial charge in [0, 0.05) is 14.1 Å². The predicted octanol–water partition coefficient (Wildman–Crippen LogP) is 2.48. The molecule has 1 aromatic carbocycles. The topological polar surface area (TPSA) is 23.5 Å². The standard InChI is InChI=1S/C9H10F3NO/c1-13(2)7-5-6(9(10,11)12)3-4-8(7)14/h3-5,14H,1-2H3. The Balaban J connectivity index is 3.20. The third-order valence-electron chi connectivity index (χ3n) is 1.78. The van der Waals surface area contributed by atoms with Gasteiger partial charge < -0.3 is 10.0 Å². The second kappa shape index (κ2) is 3.40. The van der Waals surface area contributed by atoms with Crippen LogP contribution in [0.2, 0.25) is 0 Å². The lowest BCUT2D eigenvalue weighted by molar-refractivity contribution is -0.137. The largest absolute Gasteiger partial charge is 0.506 e. The maximum absolute atomic E-state index is 12.3. The van der Waals surface area contributed by atoms with Crippen molar-refractivity contribution < 1.29 is 18.3 Å². The van der Waals surface area contributed by atoms with E-state index in [1.165, 1.54) is 4.90 Å². The maximum Gasteiger partial charge on any atom is 0.416 e. The first-order valence-electron chi connectivity index (χ1n) is 3.90. The number of aromatic hydroxyl groups is 1. The second-order valence-corrected chi connectivity index (χ2v) is 3.10. The molecule has 0 saturated carbocycles. The highest BCUT2D eigenvalue weighted by Crippen LogP contribution is 2.35. The number of phenols is 1. The van der Waals surface area contributed by atoms with Gasteiger partial charge in [-0.2, -0.15) is 13.2 Å². The first-order chi connectivity index (χ1) is 6.32. The van der Waals surface area contributed by atoms with E-state index in [-0.39, 0.29) is 11.4 Å². The van der Waals surface area contributed by atoms with Crippen LogP contribution in [0, 0.1) is 0 Å². The summed E-state index contributed by atoms with van der Waals surface area (Å²) in [7, 11) is 3.13. The van der Waals surface area contributed by atoms with Gasteiger partial charge in [0.1, 0.15) is 5.75 Å². The fourth-order valence-corrected chi connectivity index (χ4v) is 1.06. The smallest absolute Gasteiger partial charge is 0.416 e. The minimum absolute atomic E-state index is 0.153. The van der Waals surface area contributed by atoms with E-state index in [9.17, 15) is 18.3 Å². The van der Waals surface area contributed by atoms with Gasteiger partial charge in [-0.1, -0.05) is 0 Å². The Morgan fingerprint density at radius 2 is 1.79 bits per heavy atom. The third-order valence-corrected chi connectivity index (χ3v) is 1.78. The number of alkyl halides is 3. The number of hydrogen-bond donors (Lipinski definition) is 1. The zero-order valence-electron chi connectivity index (χ0n) is 7.76. The average Bonchev–Trinajstić information content (AvgIpc) is 2.02. The van der Waals surface area contributed by atoms with Crippen LogP contribution in [0.5, 0.6) is 5.75 Å². The molecule has 0 saturated heterocycles. The summed E-state index contributed by atoms with van der Waals surface area (Å²) in [6.45, 7) is 0. The van der Waals surface area contributed by atoms with Gasteiger partial charge in [0.2, 0.25) is 0 Å². The highest BCUT2D eigenvalue weighted by atomic mass is 19.4. The van der Waals surface area contributed by atoms with Gasteiger partial charge in [-0.05, 0) is 18.2 Å². The van der Waals surface area contributed by atoms with Crippen molar-refractivity contribution in [3.8, 4) is 5.75 Å². The number of phenolic OH excluding ortho intramolecular Hbond substituents is 1. The summed E-state index contributed by atoms with van der Waals surface area (Å²) in [5.74, 6) is -0.164. The molecule has 14 heavy (non-hydrogen) atoms. The van der Waals surface area contributed by atoms with Crippen molar-refractivity contribution in [2.75, 3.05) is 19.0 Å². The van der Waals surface area contributed by atoms with Crippen LogP contribution in [0.1, 0.15) is 5.56 Å². The Morgan fingerprint density at radius 1 is 1.21 bits per heavy atom. The molecule has 5 heteroatoms. The van der Waals surface area contributed by atoms with Crippen LogP contribution in [-0.2, 0) is 6.18 Å². The van der Waals surface area contributed by atoms with Crippen molar-refractivity contribution >= 4 is 5.69 Å². The van der Waals surface area contributed by atoms with Gasteiger partial charge in [-0.3, -0.25) is 0 Å². The summed E-state index contributed by atoms with van der Waals surface area (Å²) in [5.41, 5.74) is -0.612. The van der Waals surface area contributed by atoms with Crippen LogP contribution >= 0.6 is 0 Å². The molecule has 78 valence electrons. The fourth-order valence-electron chi connectivity index (χ4n) is 1.06. The number of anilines is 1. The summed E-state index contributed by atoms with van der Waals surface area (Å²) in [5, 5.41) is 9.26. The van der Waals surface area contributed by atoms with E-state index in [0.29, 0.717) is 0 Å². The van der Waals surface area contributed by atoms with Crippen molar-refractivity contribution in [3.63, 3.8) is 0 Å². The lowest BCUT2D eigenvalue weighted by atomic mass is 10.1. The Kier molecular flexibility index (Phi) is 2.59. The highest BCUT2D eigenvalue weighted by molar-refractivity contribution is 5.58. The fraction of sp³-hybridized carbons (Fsp3) is 0.333. The third kappa shape index (κ3) is 2.10. The summed E-state index contributed by atoms with van der Waals surface area (Å²) in [6.07, 6.45) is -4.38. The molecule has 1 N–H and O–H groups in total. The number of hydrogen-bond acceptors (Lipinski definition) is 2. The van der Waals surface area contributed by atoms with Crippen LogP contribution in [0.3, 0.4) is 0 Å². The van der Waals surface area contributed by atoms with E-state index in [0.717, 1.165) is 18.2 Å². The quantitative estimate of drug-likeness (QED) is 0.761. The van der Waals surface area contributed by atoms with Gasteiger partial charge in [0.25, 0.3) is 0 Å². The molecular formula is C9H10F3NO. The molecule has 0 bridgehead atoms. The van der Waals surface area contributed by atoms with E-state index in [4.69, 9.17) is 0 Å². The molecule has 0 fully saturated rings. The van der Waals surface area contributed by atoms with Crippen LogP contribution < -0.4 is 4.90 Å². The molecule has 0 heterocycles. The zero-order valence-corrected chi connectivity index (χ0v) is 7.76. The summed E-state index contributed by atoms with van der Waals surface area (Å²) in [6, 6.07) is 2.80. The molecule has 0 atom stereocenters. The van der Waals surface area contributed by atoms with E-state index < -0.39 is 11.7 Å². The normalized spacial score (nSPS) is 11.5. The summed E-state index contributed by atoms with van der Waals surface area (Å²) >= 11 is 0. The number of benzene rings is 1. The van der Waals surface area contributed by atoms with Crippen LogP contribution in [0.4, 0.5) is 18.9 Å². The molecule has 0 aromatic heterocycles. The summed E-state index contributed by atoms with van der Waals surface area (Å²) in [4.78, 5) is 1.42. The highest BCUT2D eigenvalue weighted by Gasteiger charge is 2.31. The molecule has 0 spiro atoms. The van der Waals surface area contributed by atoms with Gasteiger partial charge in [-0.25, -0.2) is 0 Å². The number of nitrogens with zero attached hydrogens (tertiary/aromatic N) is 1. The Morgan fingerprint density at radius 3 is 2.21 bits per heavy atom. The molecule has 0 amide bonds. The minimum Gasteiger partial charge on any atom is -0.506 e. The van der Waals surface area contributed by atoms with Crippen molar-refractivity contribution in [3.05, 3.63) is 23.8 Å². The van der Waals surface area contributed by atoms with Crippen molar-refractivity contribution in [1.29, 1.82) is 0 Å². The van der Waals surface area contributed by atoms with Crippen LogP contribution in [0.15, 0.2) is 18.2 Å². The molecule has 1 rings (SSSR count). The van der Waals surface area contributed by atoms with Gasteiger partial charge in [0.05, 0.1) is 11.3 Å². The molecule has 2 nitrogen and oxygen atoms in total. The van der Waals surface area contributed by atoms with Crippen LogP contribution in [0.25, 0.3) is 0 Å². The molecule has 1 aromatic rings. The van der Waals surface area contributed by atoms with E-state index in [1.54, 1.807) is 14.1 Å². The van der Waals surface area contributed by atoms with Crippen molar-refractivity contribution in [2.45, 2.75) is 6.18 Å². The summed E-state index contributed by atoms with van der Waals surface area (Å²) < 4.78 is 36.8. The van der Waals surface area contributed by atoms with E-state index >= 15 is 0 Å². The van der Waals surface area contributed by atoms with E-state index in [1.807, 2.05) is 0 Å². The Bertz CT molecular complexity index is 333. The van der Waals surface area contributed by atoms with Gasteiger partial charge in [0.15, 0.2) is 0 Å². The van der Waals surface area contributed by atoms with Gasteiger partial charge >= 0.3 is 6.18 Å². The molecule has 0 unspecified atom stereocenters. The Labute approximate surface area is 79.6 Å². The Hall–Kier alpha value is -1.39. The molecule has 0 aliphatic rings. The van der Waals surface area contributed by atoms with Gasteiger partial charge in [-0.15, -0.1) is 0 Å². The number of rotatable bonds is 1. The first kappa shape index (κ1) is 10.7. The SMILES string of the molecule is CN(C)c1cc(C(F)(F)F)ccc1O. The van der Waals surface area contributed by atoms with Crippen LogP contribution in [-0.4, -0.2) is 19.2 Å². The number of halogens is 3. The lowest BCUT2D eigenvalue weighted by Crippen LogP contribution is -2.11. The predicted molar refractivity (Wildman–Crippen MR) is 47.4 cm³/mol. The van der Waals surface area contributed by atoms with Crippen molar-refractivity contribution in [1.82, 2.24) is 0 Å². The first-order valence-corrected chi connectivity index (χ1v) is 3.90.